The molecule has 2 aliphatic rings. The maximum absolute atomic E-state index is 13.1. The number of hydrogen-bond acceptors (Lipinski definition) is 4. The Balaban J connectivity index is 1.56. The summed E-state index contributed by atoms with van der Waals surface area (Å²) in [5.41, 5.74) is 5.22. The van der Waals surface area contributed by atoms with Gasteiger partial charge in [-0.15, -0.1) is 0 Å². The van der Waals surface area contributed by atoms with Crippen LogP contribution in [-0.4, -0.2) is 35.5 Å². The summed E-state index contributed by atoms with van der Waals surface area (Å²) in [5.74, 6) is 1.32. The monoisotopic (exact) mass is 461 g/mol. The Labute approximate surface area is 191 Å². The summed E-state index contributed by atoms with van der Waals surface area (Å²) in [5, 5.41) is 5.08. The topological polar surface area (TPSA) is 74.9 Å². The fourth-order valence-electron chi connectivity index (χ4n) is 4.19. The Kier molecular flexibility index (Phi) is 6.39. The van der Waals surface area contributed by atoms with Crippen LogP contribution in [0, 0.1) is 12.8 Å². The van der Waals surface area contributed by atoms with Crippen LogP contribution in [0.25, 0.3) is 0 Å². The molecule has 0 saturated carbocycles. The number of hydrogen-bond donors (Lipinski definition) is 1. The molecule has 1 aliphatic heterocycles. The van der Waals surface area contributed by atoms with Gasteiger partial charge >= 0.3 is 0 Å². The van der Waals surface area contributed by atoms with Gasteiger partial charge in [-0.25, -0.2) is 5.43 Å². The van der Waals surface area contributed by atoms with Gasteiger partial charge in [0, 0.05) is 35.7 Å². The van der Waals surface area contributed by atoms with Gasteiger partial charge in [0.05, 0.1) is 16.3 Å². The van der Waals surface area contributed by atoms with Gasteiger partial charge in [-0.1, -0.05) is 30.1 Å². The molecule has 1 N–H and O–H groups in total. The fraction of sp³-hybridized carbons (Fsp3) is 0.435. The molecular weight excluding hydrogens is 437 g/mol. The Morgan fingerprint density at radius 2 is 1.94 bits per heavy atom. The van der Waals surface area contributed by atoms with Crippen molar-refractivity contribution in [3.63, 3.8) is 0 Å². The van der Waals surface area contributed by atoms with E-state index >= 15 is 0 Å². The highest BCUT2D eigenvalue weighted by molar-refractivity contribution is 6.36. The van der Waals surface area contributed by atoms with Crippen molar-refractivity contribution in [2.45, 2.75) is 46.0 Å². The van der Waals surface area contributed by atoms with E-state index in [1.54, 1.807) is 12.1 Å². The maximum Gasteiger partial charge on any atom is 0.289 e. The predicted octanol–water partition coefficient (Wildman–Crippen LogP) is 5.24. The van der Waals surface area contributed by atoms with Crippen LogP contribution in [0.1, 0.15) is 70.4 Å². The van der Waals surface area contributed by atoms with Crippen LogP contribution in [-0.2, 0) is 6.42 Å². The highest BCUT2D eigenvalue weighted by Gasteiger charge is 2.31. The molecular formula is C23H25Cl2N3O3. The molecule has 1 aliphatic carbocycles. The average molecular weight is 462 g/mol. The predicted molar refractivity (Wildman–Crippen MR) is 121 cm³/mol. The summed E-state index contributed by atoms with van der Waals surface area (Å²) in [6.45, 7) is 5.61. The third-order valence-corrected chi connectivity index (χ3v) is 6.61. The van der Waals surface area contributed by atoms with Crippen LogP contribution in [0.5, 0.6) is 0 Å². The normalized spacial score (nSPS) is 18.2. The van der Waals surface area contributed by atoms with Crippen molar-refractivity contribution in [3.8, 4) is 0 Å². The van der Waals surface area contributed by atoms with Crippen LogP contribution >= 0.6 is 23.2 Å². The fourth-order valence-corrected chi connectivity index (χ4v) is 4.69. The standard InChI is InChI=1S/C23H25Cl2N3O3/c1-13-8-10-28(11-9-13)23(30)21-14(2)20-18(4-3-5-19(20)31-21)26-27-22(29)16-7-6-15(24)12-17(16)25/h6-7,12-13H,3-5,8-11H2,1-2H3,(H,27,29)/b26-18+. The molecule has 8 heteroatoms. The summed E-state index contributed by atoms with van der Waals surface area (Å²) < 4.78 is 6.01. The van der Waals surface area contributed by atoms with Crippen molar-refractivity contribution >= 4 is 40.7 Å². The number of carbonyl (C=O) groups is 2. The molecule has 164 valence electrons. The number of hydrazone groups is 1. The van der Waals surface area contributed by atoms with E-state index in [9.17, 15) is 9.59 Å². The molecule has 1 saturated heterocycles. The first-order chi connectivity index (χ1) is 14.8. The van der Waals surface area contributed by atoms with Gasteiger partial charge in [0.25, 0.3) is 11.8 Å². The number of halogens is 2. The first kappa shape index (κ1) is 21.9. The quantitative estimate of drug-likeness (QED) is 0.635. The summed E-state index contributed by atoms with van der Waals surface area (Å²) >= 11 is 12.0. The lowest BCUT2D eigenvalue weighted by molar-refractivity contribution is 0.0662. The minimum atomic E-state index is -0.416. The second-order valence-electron chi connectivity index (χ2n) is 8.31. The molecule has 0 spiro atoms. The van der Waals surface area contributed by atoms with E-state index in [0.717, 1.165) is 55.7 Å². The molecule has 1 aromatic heterocycles. The number of benzene rings is 1. The number of likely N-dealkylation sites (tertiary alicyclic amines) is 1. The van der Waals surface area contributed by atoms with E-state index in [2.05, 4.69) is 17.5 Å². The van der Waals surface area contributed by atoms with Gasteiger partial charge in [-0.2, -0.15) is 5.10 Å². The van der Waals surface area contributed by atoms with Gasteiger partial charge in [0.15, 0.2) is 5.76 Å². The second-order valence-corrected chi connectivity index (χ2v) is 9.15. The number of nitrogens with one attached hydrogen (secondary N) is 1. The number of carbonyl (C=O) groups excluding carboxylic acids is 2. The average Bonchev–Trinajstić information content (AvgIpc) is 3.09. The van der Waals surface area contributed by atoms with Gasteiger partial charge in [-0.3, -0.25) is 9.59 Å². The number of piperidine rings is 1. The van der Waals surface area contributed by atoms with Gasteiger partial charge in [-0.05, 0) is 56.7 Å². The van der Waals surface area contributed by atoms with Crippen LogP contribution in [0.3, 0.4) is 0 Å². The number of furan rings is 1. The zero-order valence-electron chi connectivity index (χ0n) is 17.6. The lowest BCUT2D eigenvalue weighted by Gasteiger charge is -2.29. The molecule has 0 radical (unpaired) electrons. The molecule has 0 unspecified atom stereocenters. The van der Waals surface area contributed by atoms with E-state index in [0.29, 0.717) is 34.4 Å². The van der Waals surface area contributed by atoms with Crippen molar-refractivity contribution in [3.05, 3.63) is 56.5 Å². The maximum atomic E-state index is 13.1. The number of fused-ring (bicyclic) bond motifs is 1. The molecule has 6 nitrogen and oxygen atoms in total. The smallest absolute Gasteiger partial charge is 0.289 e. The first-order valence-electron chi connectivity index (χ1n) is 10.6. The van der Waals surface area contributed by atoms with E-state index in [-0.39, 0.29) is 10.9 Å². The van der Waals surface area contributed by atoms with Crippen molar-refractivity contribution in [1.82, 2.24) is 10.3 Å². The zero-order chi connectivity index (χ0) is 22.1. The van der Waals surface area contributed by atoms with Crippen LogP contribution in [0.2, 0.25) is 10.0 Å². The van der Waals surface area contributed by atoms with Gasteiger partial charge in [0.1, 0.15) is 5.76 Å². The molecule has 1 fully saturated rings. The number of amides is 2. The number of aryl methyl sites for hydroxylation is 1. The number of nitrogens with zero attached hydrogens (tertiary/aromatic N) is 2. The third-order valence-electron chi connectivity index (χ3n) is 6.06. The molecule has 2 heterocycles. The first-order valence-corrected chi connectivity index (χ1v) is 11.3. The van der Waals surface area contributed by atoms with Crippen molar-refractivity contribution in [1.29, 1.82) is 0 Å². The largest absolute Gasteiger partial charge is 0.455 e. The Morgan fingerprint density at radius 3 is 2.65 bits per heavy atom. The molecule has 31 heavy (non-hydrogen) atoms. The van der Waals surface area contributed by atoms with E-state index in [1.165, 1.54) is 6.07 Å². The lowest BCUT2D eigenvalue weighted by atomic mass is 9.93. The summed E-state index contributed by atoms with van der Waals surface area (Å²) in [7, 11) is 0. The Morgan fingerprint density at radius 1 is 1.19 bits per heavy atom. The number of rotatable bonds is 3. The highest BCUT2D eigenvalue weighted by atomic mass is 35.5. The van der Waals surface area contributed by atoms with E-state index in [1.807, 2.05) is 11.8 Å². The Hall–Kier alpha value is -2.31. The minimum absolute atomic E-state index is 0.0601. The van der Waals surface area contributed by atoms with Crippen LogP contribution in [0.4, 0.5) is 0 Å². The molecule has 2 aromatic rings. The lowest BCUT2D eigenvalue weighted by Crippen LogP contribution is -2.38. The molecule has 1 aromatic carbocycles. The minimum Gasteiger partial charge on any atom is -0.455 e. The molecule has 0 atom stereocenters. The Bertz CT molecular complexity index is 1050. The van der Waals surface area contributed by atoms with Gasteiger partial charge < -0.3 is 9.32 Å². The molecule has 0 bridgehead atoms. The highest BCUT2D eigenvalue weighted by Crippen LogP contribution is 2.31. The van der Waals surface area contributed by atoms with E-state index < -0.39 is 5.91 Å². The van der Waals surface area contributed by atoms with Crippen LogP contribution < -0.4 is 5.43 Å². The van der Waals surface area contributed by atoms with Crippen molar-refractivity contribution in [2.24, 2.45) is 11.0 Å². The SMILES string of the molecule is Cc1c(C(=O)N2CCC(C)CC2)oc2c1/C(=N/NC(=O)c1ccc(Cl)cc1Cl)CCC2. The van der Waals surface area contributed by atoms with Gasteiger partial charge in [0.2, 0.25) is 0 Å². The van der Waals surface area contributed by atoms with Crippen molar-refractivity contribution < 1.29 is 14.0 Å². The summed E-state index contributed by atoms with van der Waals surface area (Å²) in [4.78, 5) is 27.5. The second kappa shape index (κ2) is 9.05. The van der Waals surface area contributed by atoms with Crippen molar-refractivity contribution in [2.75, 3.05) is 13.1 Å². The summed E-state index contributed by atoms with van der Waals surface area (Å²) in [6, 6.07) is 4.68. The molecule has 4 rings (SSSR count). The zero-order valence-corrected chi connectivity index (χ0v) is 19.1. The molecule has 2 amide bonds. The van der Waals surface area contributed by atoms with E-state index in [4.69, 9.17) is 27.6 Å². The van der Waals surface area contributed by atoms with Crippen LogP contribution in [0.15, 0.2) is 27.7 Å². The summed E-state index contributed by atoms with van der Waals surface area (Å²) in [6.07, 6.45) is 4.30. The third kappa shape index (κ3) is 4.51.